The highest BCUT2D eigenvalue weighted by molar-refractivity contribution is 7.33. The third-order valence-electron chi connectivity index (χ3n) is 8.62. The fraction of sp³-hybridized carbons (Fsp3) is 0. The van der Waals surface area contributed by atoms with Crippen LogP contribution in [0.2, 0.25) is 0 Å². The summed E-state index contributed by atoms with van der Waals surface area (Å²) >= 11 is 3.73. The lowest BCUT2D eigenvalue weighted by molar-refractivity contribution is 1.02. The maximum absolute atomic E-state index is 5.50. The molecule has 0 fully saturated rings. The van der Waals surface area contributed by atoms with Crippen LogP contribution in [-0.2, 0) is 0 Å². The first-order chi connectivity index (χ1) is 21.3. The molecule has 4 heterocycles. The molecule has 0 saturated carbocycles. The maximum atomic E-state index is 5.50. The van der Waals surface area contributed by atoms with Gasteiger partial charge in [-0.1, -0.05) is 109 Å². The van der Waals surface area contributed by atoms with Crippen LogP contribution >= 0.6 is 22.7 Å². The molecule has 6 aromatic carbocycles. The Morgan fingerprint density at radius 2 is 1.00 bits per heavy atom. The van der Waals surface area contributed by atoms with Crippen LogP contribution in [0.3, 0.4) is 0 Å². The Morgan fingerprint density at radius 1 is 0.442 bits per heavy atom. The Labute approximate surface area is 253 Å². The molecule has 0 radical (unpaired) electrons. The van der Waals surface area contributed by atoms with Crippen molar-refractivity contribution in [3.63, 3.8) is 0 Å². The molecule has 0 atom stereocenters. The highest BCUT2D eigenvalue weighted by Gasteiger charge is 2.24. The molecule has 0 bridgehead atoms. The zero-order chi connectivity index (χ0) is 28.1. The van der Waals surface area contributed by atoms with E-state index >= 15 is 0 Å². The first kappa shape index (κ1) is 23.5. The SMILES string of the molecule is c1ccc2c(-c3nc(-n4c5c6ccccc6sc5c5sc6ccccc6c54)nc4c3ccc3ccccc34)cccc2c1. The van der Waals surface area contributed by atoms with Crippen molar-refractivity contribution in [1.82, 2.24) is 14.5 Å². The minimum absolute atomic E-state index is 0.707. The third-order valence-corrected chi connectivity index (χ3v) is 11.1. The molecule has 3 nitrogen and oxygen atoms in total. The number of rotatable bonds is 2. The number of nitrogens with zero attached hydrogens (tertiary/aromatic N) is 3. The third kappa shape index (κ3) is 3.23. The molecule has 0 unspecified atom stereocenters. The molecule has 4 aromatic heterocycles. The van der Waals surface area contributed by atoms with E-state index in [0.717, 1.165) is 27.5 Å². The van der Waals surface area contributed by atoms with Gasteiger partial charge in [0.15, 0.2) is 0 Å². The molecule has 43 heavy (non-hydrogen) atoms. The van der Waals surface area contributed by atoms with Crippen molar-refractivity contribution in [3.8, 4) is 17.2 Å². The second-order valence-corrected chi connectivity index (χ2v) is 13.1. The number of fused-ring (bicyclic) bond motifs is 11. The Balaban J connectivity index is 1.44. The van der Waals surface area contributed by atoms with Crippen LogP contribution < -0.4 is 0 Å². The molecule has 0 N–H and O–H groups in total. The molecule has 0 aliphatic heterocycles. The number of thiophene rings is 2. The van der Waals surface area contributed by atoms with Crippen LogP contribution in [0.25, 0.3) is 90.3 Å². The van der Waals surface area contributed by atoms with Gasteiger partial charge in [0.1, 0.15) is 0 Å². The van der Waals surface area contributed by atoms with Gasteiger partial charge in [-0.05, 0) is 34.4 Å². The maximum Gasteiger partial charge on any atom is 0.235 e. The molecular weight excluding hydrogens is 563 g/mol. The average molecular weight is 584 g/mol. The summed E-state index contributed by atoms with van der Waals surface area (Å²) in [4.78, 5) is 11.0. The summed E-state index contributed by atoms with van der Waals surface area (Å²) < 4.78 is 7.50. The summed E-state index contributed by atoms with van der Waals surface area (Å²) in [7, 11) is 0. The molecule has 0 aliphatic rings. The molecule has 0 spiro atoms. The van der Waals surface area contributed by atoms with E-state index in [1.54, 1.807) is 0 Å². The Morgan fingerprint density at radius 3 is 1.70 bits per heavy atom. The number of benzene rings is 6. The predicted molar refractivity (Wildman–Crippen MR) is 185 cm³/mol. The van der Waals surface area contributed by atoms with Gasteiger partial charge in [-0.25, -0.2) is 9.97 Å². The quantitative estimate of drug-likeness (QED) is 0.190. The highest BCUT2D eigenvalue weighted by atomic mass is 32.1. The minimum atomic E-state index is 0.707. The Hall–Kier alpha value is -5.10. The molecule has 0 aliphatic carbocycles. The Kier molecular flexibility index (Phi) is 4.75. The summed E-state index contributed by atoms with van der Waals surface area (Å²) in [6, 6.07) is 45.5. The van der Waals surface area contributed by atoms with Crippen LogP contribution in [0, 0.1) is 0 Å². The summed E-state index contributed by atoms with van der Waals surface area (Å²) in [5.41, 5.74) is 5.43. The van der Waals surface area contributed by atoms with Gasteiger partial charge in [-0.15, -0.1) is 22.7 Å². The standard InChI is InChI=1S/C38H21N3S2/c1-3-13-24-22(10-1)12-9-17-26(24)33-29-21-20-23-11-2-4-14-25(23)32(29)39-38(40-33)41-34-27-15-5-7-18-30(27)42-36(34)37-35(41)28-16-6-8-19-31(28)43-37/h1-21H. The van der Waals surface area contributed by atoms with E-state index in [1.165, 1.54) is 56.8 Å². The van der Waals surface area contributed by atoms with E-state index < -0.39 is 0 Å². The van der Waals surface area contributed by atoms with E-state index in [1.807, 2.05) is 22.7 Å². The largest absolute Gasteiger partial charge is 0.275 e. The van der Waals surface area contributed by atoms with Crippen LogP contribution in [-0.4, -0.2) is 14.5 Å². The molecular formula is C38H21N3S2. The Bertz CT molecular complexity index is 2650. The van der Waals surface area contributed by atoms with E-state index in [9.17, 15) is 0 Å². The number of aromatic nitrogens is 3. The van der Waals surface area contributed by atoms with Crippen molar-refractivity contribution >= 4 is 95.7 Å². The van der Waals surface area contributed by atoms with Crippen molar-refractivity contribution in [2.24, 2.45) is 0 Å². The van der Waals surface area contributed by atoms with Gasteiger partial charge >= 0.3 is 0 Å². The smallest absolute Gasteiger partial charge is 0.235 e. The van der Waals surface area contributed by atoms with Gasteiger partial charge in [0.05, 0.1) is 31.6 Å². The summed E-state index contributed by atoms with van der Waals surface area (Å²) in [6.07, 6.45) is 0. The fourth-order valence-corrected chi connectivity index (χ4v) is 9.22. The molecule has 0 amide bonds. The zero-order valence-corrected chi connectivity index (χ0v) is 24.4. The molecule has 10 rings (SSSR count). The van der Waals surface area contributed by atoms with E-state index in [-0.39, 0.29) is 0 Å². The average Bonchev–Trinajstić information content (AvgIpc) is 3.72. The van der Waals surface area contributed by atoms with Crippen LogP contribution in [0.15, 0.2) is 127 Å². The van der Waals surface area contributed by atoms with Crippen LogP contribution in [0.4, 0.5) is 0 Å². The minimum Gasteiger partial charge on any atom is -0.275 e. The highest BCUT2D eigenvalue weighted by Crippen LogP contribution is 2.48. The summed E-state index contributed by atoms with van der Waals surface area (Å²) in [6.45, 7) is 0. The van der Waals surface area contributed by atoms with Crippen molar-refractivity contribution in [2.75, 3.05) is 0 Å². The van der Waals surface area contributed by atoms with Gasteiger partial charge in [-0.2, -0.15) is 0 Å². The van der Waals surface area contributed by atoms with Crippen molar-refractivity contribution < 1.29 is 0 Å². The number of hydrogen-bond acceptors (Lipinski definition) is 4. The first-order valence-electron chi connectivity index (χ1n) is 14.3. The fourth-order valence-electron chi connectivity index (χ4n) is 6.72. The topological polar surface area (TPSA) is 30.7 Å². The van der Waals surface area contributed by atoms with E-state index in [4.69, 9.17) is 9.97 Å². The number of hydrogen-bond donors (Lipinski definition) is 0. The monoisotopic (exact) mass is 583 g/mol. The lowest BCUT2D eigenvalue weighted by Crippen LogP contribution is -2.04. The molecule has 200 valence electrons. The second kappa shape index (κ2) is 8.71. The van der Waals surface area contributed by atoms with Crippen LogP contribution in [0.1, 0.15) is 0 Å². The van der Waals surface area contributed by atoms with Gasteiger partial charge in [0.25, 0.3) is 0 Å². The van der Waals surface area contributed by atoms with Crippen LogP contribution in [0.5, 0.6) is 0 Å². The van der Waals surface area contributed by atoms with Crippen molar-refractivity contribution in [3.05, 3.63) is 127 Å². The predicted octanol–water partition coefficient (Wildman–Crippen LogP) is 11.1. The van der Waals surface area contributed by atoms with Crippen molar-refractivity contribution in [1.29, 1.82) is 0 Å². The lowest BCUT2D eigenvalue weighted by atomic mass is 9.98. The van der Waals surface area contributed by atoms with Gasteiger partial charge in [0, 0.05) is 36.5 Å². The lowest BCUT2D eigenvalue weighted by Gasteiger charge is -2.14. The first-order valence-corrected chi connectivity index (χ1v) is 16.0. The second-order valence-electron chi connectivity index (χ2n) is 11.0. The van der Waals surface area contributed by atoms with Gasteiger partial charge < -0.3 is 0 Å². The van der Waals surface area contributed by atoms with Crippen molar-refractivity contribution in [2.45, 2.75) is 0 Å². The van der Waals surface area contributed by atoms with E-state index in [2.05, 4.69) is 132 Å². The van der Waals surface area contributed by atoms with Gasteiger partial charge in [0.2, 0.25) is 5.95 Å². The summed E-state index contributed by atoms with van der Waals surface area (Å²) in [5, 5.41) is 8.24. The molecule has 10 aromatic rings. The molecule has 0 saturated heterocycles. The van der Waals surface area contributed by atoms with Gasteiger partial charge in [-0.3, -0.25) is 4.57 Å². The zero-order valence-electron chi connectivity index (χ0n) is 22.8. The normalized spacial score (nSPS) is 12.2. The summed E-state index contributed by atoms with van der Waals surface area (Å²) in [5.74, 6) is 0.707. The van der Waals surface area contributed by atoms with E-state index in [0.29, 0.717) is 5.95 Å². The molecule has 5 heteroatoms.